The minimum atomic E-state index is -6.00. The smallest absolute Gasteiger partial charge is 0.438 e. The van der Waals surface area contributed by atoms with E-state index in [1.54, 1.807) is 0 Å². The topological polar surface area (TPSA) is 23.2 Å². The summed E-state index contributed by atoms with van der Waals surface area (Å²) >= 11 is 0. The van der Waals surface area contributed by atoms with E-state index in [9.17, 15) is 17.3 Å². The van der Waals surface area contributed by atoms with E-state index in [0.717, 1.165) is 24.6 Å². The second kappa shape index (κ2) is 5.53. The Labute approximate surface area is 90.1 Å². The van der Waals surface area contributed by atoms with Crippen LogP contribution in [-0.4, -0.2) is 26.3 Å². The standard InChI is InChI=1S/C9H9NO.BF4/c1-2-4-8(5-3-1)9-10-6-7-11-9;2-1(3,4)5/h1-5H,6-7H2;/q;-1/p+1. The van der Waals surface area contributed by atoms with Gasteiger partial charge in [-0.05, 0) is 12.1 Å². The Balaban J connectivity index is 0.000000221. The molecule has 0 aromatic heterocycles. The number of halogens is 4. The summed E-state index contributed by atoms with van der Waals surface area (Å²) in [6.07, 6.45) is 0. The SMILES string of the molecule is F[B-](F)(F)F.c1ccc(C2=[NH+]CCO2)cc1. The molecule has 1 heterocycles. The van der Waals surface area contributed by atoms with Crippen LogP contribution in [0.1, 0.15) is 5.56 Å². The molecule has 1 aromatic rings. The van der Waals surface area contributed by atoms with Crippen LogP contribution in [0, 0.1) is 0 Å². The van der Waals surface area contributed by atoms with E-state index in [1.807, 2.05) is 30.3 Å². The lowest BCUT2D eigenvalue weighted by Crippen LogP contribution is -2.70. The van der Waals surface area contributed by atoms with Crippen LogP contribution >= 0.6 is 0 Å². The van der Waals surface area contributed by atoms with Crippen molar-refractivity contribution < 1.29 is 27.0 Å². The summed E-state index contributed by atoms with van der Waals surface area (Å²) in [5.41, 5.74) is 1.13. The van der Waals surface area contributed by atoms with Crippen molar-refractivity contribution in [2.75, 3.05) is 13.2 Å². The summed E-state index contributed by atoms with van der Waals surface area (Å²) in [4.78, 5) is 3.17. The van der Waals surface area contributed by atoms with Gasteiger partial charge < -0.3 is 22.0 Å². The van der Waals surface area contributed by atoms with Crippen molar-refractivity contribution in [3.63, 3.8) is 0 Å². The molecule has 16 heavy (non-hydrogen) atoms. The van der Waals surface area contributed by atoms with Crippen LogP contribution in [0.4, 0.5) is 17.3 Å². The highest BCUT2D eigenvalue weighted by molar-refractivity contribution is 6.50. The highest BCUT2D eigenvalue weighted by Gasteiger charge is 2.20. The first-order chi connectivity index (χ1) is 7.47. The Morgan fingerprint density at radius 3 is 2.06 bits per heavy atom. The van der Waals surface area contributed by atoms with Crippen LogP contribution in [0.2, 0.25) is 0 Å². The van der Waals surface area contributed by atoms with Crippen LogP contribution in [0.25, 0.3) is 0 Å². The van der Waals surface area contributed by atoms with Gasteiger partial charge >= 0.3 is 13.2 Å². The molecule has 0 aliphatic carbocycles. The molecule has 0 saturated carbocycles. The lowest BCUT2D eigenvalue weighted by Gasteiger charge is -1.94. The predicted octanol–water partition coefficient (Wildman–Crippen LogP) is 0.844. The fourth-order valence-electron chi connectivity index (χ4n) is 1.14. The molecular weight excluding hydrogens is 225 g/mol. The Kier molecular flexibility index (Phi) is 4.33. The van der Waals surface area contributed by atoms with Crippen LogP contribution in [-0.2, 0) is 4.74 Å². The molecule has 1 aromatic carbocycles. The number of hydrogen-bond acceptors (Lipinski definition) is 1. The largest absolute Gasteiger partial charge is 0.673 e. The van der Waals surface area contributed by atoms with Gasteiger partial charge in [0.05, 0.1) is 5.56 Å². The number of nitrogens with one attached hydrogen (secondary N) is 1. The molecule has 0 bridgehead atoms. The predicted molar refractivity (Wildman–Crippen MR) is 52.5 cm³/mol. The van der Waals surface area contributed by atoms with E-state index in [4.69, 9.17) is 4.74 Å². The van der Waals surface area contributed by atoms with E-state index < -0.39 is 7.25 Å². The van der Waals surface area contributed by atoms with Gasteiger partial charge in [0.2, 0.25) is 0 Å². The molecule has 1 aliphatic heterocycles. The number of ether oxygens (including phenoxy) is 1. The van der Waals surface area contributed by atoms with Gasteiger partial charge in [0, 0.05) is 0 Å². The van der Waals surface area contributed by atoms with Gasteiger partial charge in [0.1, 0.15) is 0 Å². The lowest BCUT2D eigenvalue weighted by atomic mass is 10.2. The highest BCUT2D eigenvalue weighted by atomic mass is 19.5. The first-order valence-electron chi connectivity index (χ1n) is 4.63. The summed E-state index contributed by atoms with van der Waals surface area (Å²) < 4.78 is 44.3. The van der Waals surface area contributed by atoms with Gasteiger partial charge in [-0.1, -0.05) is 18.2 Å². The lowest BCUT2D eigenvalue weighted by molar-refractivity contribution is -0.444. The summed E-state index contributed by atoms with van der Waals surface area (Å²) in [6.45, 7) is 1.70. The Hall–Kier alpha value is -1.53. The second-order valence-electron chi connectivity index (χ2n) is 2.97. The quantitative estimate of drug-likeness (QED) is 0.565. The van der Waals surface area contributed by atoms with E-state index in [-0.39, 0.29) is 0 Å². The maximum Gasteiger partial charge on any atom is 0.673 e. The number of benzene rings is 1. The number of hydrogen-bond donors (Lipinski definition) is 1. The van der Waals surface area contributed by atoms with E-state index >= 15 is 0 Å². The third-order valence-corrected chi connectivity index (χ3v) is 1.67. The molecule has 0 radical (unpaired) electrons. The molecule has 7 heteroatoms. The van der Waals surface area contributed by atoms with Crippen molar-refractivity contribution in [1.29, 1.82) is 0 Å². The molecule has 0 spiro atoms. The van der Waals surface area contributed by atoms with Gasteiger partial charge in [-0.25, -0.2) is 4.99 Å². The molecule has 0 amide bonds. The molecule has 2 nitrogen and oxygen atoms in total. The van der Waals surface area contributed by atoms with E-state index in [0.29, 0.717) is 0 Å². The van der Waals surface area contributed by atoms with Crippen LogP contribution in [0.5, 0.6) is 0 Å². The monoisotopic (exact) mass is 235 g/mol. The zero-order valence-electron chi connectivity index (χ0n) is 8.30. The van der Waals surface area contributed by atoms with Crippen molar-refractivity contribution in [1.82, 2.24) is 0 Å². The zero-order valence-corrected chi connectivity index (χ0v) is 8.30. The average molecular weight is 235 g/mol. The molecule has 1 N–H and O–H groups in total. The van der Waals surface area contributed by atoms with Crippen molar-refractivity contribution in [3.05, 3.63) is 35.9 Å². The highest BCUT2D eigenvalue weighted by Crippen LogP contribution is 2.06. The molecule has 88 valence electrons. The minimum absolute atomic E-state index is 0.782. The fourth-order valence-corrected chi connectivity index (χ4v) is 1.14. The Morgan fingerprint density at radius 1 is 1.06 bits per heavy atom. The summed E-state index contributed by atoms with van der Waals surface area (Å²) in [6, 6.07) is 10.1. The first-order valence-corrected chi connectivity index (χ1v) is 4.63. The van der Waals surface area contributed by atoms with Crippen LogP contribution in [0.3, 0.4) is 0 Å². The number of rotatable bonds is 1. The molecule has 0 fully saturated rings. The Bertz CT molecular complexity index is 346. The fraction of sp³-hybridized carbons (Fsp3) is 0.222. The van der Waals surface area contributed by atoms with E-state index in [2.05, 4.69) is 4.99 Å². The van der Waals surface area contributed by atoms with Gasteiger partial charge in [-0.15, -0.1) is 0 Å². The maximum atomic E-state index is 9.75. The minimum Gasteiger partial charge on any atom is -0.438 e. The molecule has 2 rings (SSSR count). The molecule has 0 saturated heterocycles. The zero-order chi connectivity index (χ0) is 12.0. The van der Waals surface area contributed by atoms with Crippen molar-refractivity contribution in [3.8, 4) is 0 Å². The van der Waals surface area contributed by atoms with Crippen molar-refractivity contribution in [2.45, 2.75) is 0 Å². The summed E-state index contributed by atoms with van der Waals surface area (Å²) in [7, 11) is -6.00. The third-order valence-electron chi connectivity index (χ3n) is 1.67. The molecule has 1 aliphatic rings. The van der Waals surface area contributed by atoms with Gasteiger partial charge in [0.15, 0.2) is 13.2 Å². The third kappa shape index (κ3) is 5.38. The molecular formula is C9H10BF4NO. The Morgan fingerprint density at radius 2 is 1.62 bits per heavy atom. The maximum absolute atomic E-state index is 9.75. The van der Waals surface area contributed by atoms with Crippen LogP contribution in [0.15, 0.2) is 30.3 Å². The van der Waals surface area contributed by atoms with Gasteiger partial charge in [0.25, 0.3) is 0 Å². The van der Waals surface area contributed by atoms with Gasteiger partial charge in [-0.3, -0.25) is 0 Å². The molecule has 0 unspecified atom stereocenters. The molecule has 0 atom stereocenters. The van der Waals surface area contributed by atoms with Gasteiger partial charge in [-0.2, -0.15) is 0 Å². The van der Waals surface area contributed by atoms with E-state index in [1.165, 1.54) is 0 Å². The summed E-state index contributed by atoms with van der Waals surface area (Å²) in [5, 5.41) is 0. The normalized spacial score (nSPS) is 14.6. The first kappa shape index (κ1) is 12.5. The van der Waals surface area contributed by atoms with Crippen molar-refractivity contribution >= 4 is 13.2 Å². The second-order valence-corrected chi connectivity index (χ2v) is 2.97. The summed E-state index contributed by atoms with van der Waals surface area (Å²) in [5.74, 6) is 0.908. The van der Waals surface area contributed by atoms with Crippen LogP contribution < -0.4 is 4.99 Å². The average Bonchev–Trinajstić information content (AvgIpc) is 2.69. The van der Waals surface area contributed by atoms with Crippen molar-refractivity contribution in [2.24, 2.45) is 0 Å².